The molecule has 0 aromatic heterocycles. The van der Waals surface area contributed by atoms with E-state index in [9.17, 15) is 9.59 Å². The molecule has 3 aromatic rings. The van der Waals surface area contributed by atoms with Gasteiger partial charge in [0.15, 0.2) is 0 Å². The van der Waals surface area contributed by atoms with Crippen molar-refractivity contribution < 1.29 is 19.1 Å². The first-order valence-electron chi connectivity index (χ1n) is 14.7. The van der Waals surface area contributed by atoms with Gasteiger partial charge in [0.1, 0.15) is 11.5 Å². The van der Waals surface area contributed by atoms with Crippen molar-refractivity contribution in [2.24, 2.45) is 0 Å². The van der Waals surface area contributed by atoms with Gasteiger partial charge in [-0.15, -0.1) is 0 Å². The van der Waals surface area contributed by atoms with Crippen LogP contribution in [0.15, 0.2) is 72.8 Å². The second kappa shape index (κ2) is 15.1. The molecule has 40 heavy (non-hydrogen) atoms. The maximum absolute atomic E-state index is 13.7. The van der Waals surface area contributed by atoms with E-state index in [1.54, 1.807) is 12.1 Å². The first kappa shape index (κ1) is 29.2. The molecule has 0 aliphatic carbocycles. The van der Waals surface area contributed by atoms with Gasteiger partial charge in [0.2, 0.25) is 0 Å². The van der Waals surface area contributed by atoms with Gasteiger partial charge >= 0.3 is 0 Å². The summed E-state index contributed by atoms with van der Waals surface area (Å²) in [6.07, 6.45) is 8.74. The number of rotatable bonds is 6. The highest BCUT2D eigenvalue weighted by Gasteiger charge is 2.25. The van der Waals surface area contributed by atoms with Gasteiger partial charge < -0.3 is 20.1 Å². The summed E-state index contributed by atoms with van der Waals surface area (Å²) in [6.45, 7) is 4.86. The normalized spacial score (nSPS) is 16.1. The maximum Gasteiger partial charge on any atom is 0.255 e. The zero-order valence-corrected chi connectivity index (χ0v) is 23.8. The minimum atomic E-state index is -0.303. The predicted octanol–water partition coefficient (Wildman–Crippen LogP) is 7.56. The van der Waals surface area contributed by atoms with Gasteiger partial charge in [-0.05, 0) is 49.9 Å². The topological polar surface area (TPSA) is 76.7 Å². The number of nitrogens with one attached hydrogen (secondary N) is 2. The lowest BCUT2D eigenvalue weighted by Gasteiger charge is -2.21. The zero-order valence-electron chi connectivity index (χ0n) is 23.8. The summed E-state index contributed by atoms with van der Waals surface area (Å²) < 4.78 is 12.4. The van der Waals surface area contributed by atoms with Crippen LogP contribution >= 0.6 is 0 Å². The van der Waals surface area contributed by atoms with Crippen LogP contribution in [0.3, 0.4) is 0 Å². The molecule has 2 heterocycles. The van der Waals surface area contributed by atoms with E-state index in [2.05, 4.69) is 10.6 Å². The average Bonchev–Trinajstić information content (AvgIpc) is 2.97. The highest BCUT2D eigenvalue weighted by molar-refractivity contribution is 6.05. The number of ether oxygens (including phenoxy) is 2. The highest BCUT2D eigenvalue weighted by Crippen LogP contribution is 2.32. The standard InChI is InChI=1S/C34H42N2O4/c1-25(27-17-11-9-12-18-27)35-33(37)30-23-29-24-31(34(38)36-26(2)28-19-13-10-14-20-28)32(30)40-22-16-8-6-4-3-5-7-15-21-39-29/h9-14,17-20,23-26H,3-8,15-16,21-22H2,1-2H3,(H,35,37)(H,36,38). The van der Waals surface area contributed by atoms with Crippen molar-refractivity contribution in [2.75, 3.05) is 13.2 Å². The van der Waals surface area contributed by atoms with Crippen LogP contribution in [0, 0.1) is 0 Å². The Balaban J connectivity index is 1.67. The molecule has 3 aromatic carbocycles. The van der Waals surface area contributed by atoms with Crippen molar-refractivity contribution in [3.63, 3.8) is 0 Å². The van der Waals surface area contributed by atoms with E-state index in [1.165, 1.54) is 19.3 Å². The molecule has 2 N–H and O–H groups in total. The third-order valence-electron chi connectivity index (χ3n) is 7.40. The first-order valence-corrected chi connectivity index (χ1v) is 14.7. The van der Waals surface area contributed by atoms with Crippen LogP contribution in [-0.4, -0.2) is 25.0 Å². The first-order chi connectivity index (χ1) is 19.5. The molecule has 0 saturated heterocycles. The Morgan fingerprint density at radius 1 is 0.600 bits per heavy atom. The van der Waals surface area contributed by atoms with Crippen LogP contribution in [0.5, 0.6) is 11.5 Å². The van der Waals surface area contributed by atoms with Crippen LogP contribution in [0.1, 0.15) is 109 Å². The summed E-state index contributed by atoms with van der Waals surface area (Å²) in [4.78, 5) is 27.4. The van der Waals surface area contributed by atoms with Crippen molar-refractivity contribution in [1.82, 2.24) is 10.6 Å². The summed E-state index contributed by atoms with van der Waals surface area (Å²) in [7, 11) is 0. The number of hydrogen-bond acceptors (Lipinski definition) is 4. The van der Waals surface area contributed by atoms with Gasteiger partial charge in [0.05, 0.1) is 36.4 Å². The minimum absolute atomic E-state index is 0.223. The summed E-state index contributed by atoms with van der Waals surface area (Å²) in [5.74, 6) is 0.190. The molecule has 2 aliphatic heterocycles. The molecule has 0 saturated carbocycles. The molecular weight excluding hydrogens is 500 g/mol. The number of amides is 2. The number of benzene rings is 3. The molecule has 5 rings (SSSR count). The number of hydrogen-bond donors (Lipinski definition) is 2. The van der Waals surface area contributed by atoms with Gasteiger partial charge in [-0.25, -0.2) is 0 Å². The molecule has 2 unspecified atom stereocenters. The second-order valence-electron chi connectivity index (χ2n) is 10.6. The summed E-state index contributed by atoms with van der Waals surface area (Å²) in [5, 5.41) is 6.19. The Bertz CT molecular complexity index is 1150. The molecule has 2 aliphatic rings. The molecular formula is C34H42N2O4. The fourth-order valence-electron chi connectivity index (χ4n) is 5.01. The fourth-order valence-corrected chi connectivity index (χ4v) is 5.01. The van der Waals surface area contributed by atoms with E-state index in [0.717, 1.165) is 43.2 Å². The molecule has 0 spiro atoms. The molecule has 6 nitrogen and oxygen atoms in total. The van der Waals surface area contributed by atoms with Gasteiger partial charge in [-0.1, -0.05) is 99.2 Å². The summed E-state index contributed by atoms with van der Waals surface area (Å²) in [6, 6.07) is 22.6. The van der Waals surface area contributed by atoms with E-state index in [4.69, 9.17) is 9.47 Å². The monoisotopic (exact) mass is 542 g/mol. The molecule has 0 radical (unpaired) electrons. The number of carbonyl (C=O) groups excluding carboxylic acids is 2. The molecule has 2 bridgehead atoms. The summed E-state index contributed by atoms with van der Waals surface area (Å²) >= 11 is 0. The van der Waals surface area contributed by atoms with Crippen LogP contribution in [0.4, 0.5) is 0 Å². The number of fused-ring (bicyclic) bond motifs is 13. The average molecular weight is 543 g/mol. The van der Waals surface area contributed by atoms with Gasteiger partial charge in [-0.2, -0.15) is 0 Å². The van der Waals surface area contributed by atoms with Crippen molar-refractivity contribution in [3.05, 3.63) is 95.1 Å². The third kappa shape index (κ3) is 8.35. The Kier molecular flexibility index (Phi) is 11.0. The lowest BCUT2D eigenvalue weighted by molar-refractivity contribution is 0.0931. The minimum Gasteiger partial charge on any atom is -0.494 e. The Hall–Kier alpha value is -3.80. The second-order valence-corrected chi connectivity index (χ2v) is 10.6. The summed E-state index contributed by atoms with van der Waals surface area (Å²) in [5.41, 5.74) is 2.61. The smallest absolute Gasteiger partial charge is 0.255 e. The van der Waals surface area contributed by atoms with Crippen molar-refractivity contribution in [3.8, 4) is 11.5 Å². The van der Waals surface area contributed by atoms with Gasteiger partial charge in [0.25, 0.3) is 11.8 Å². The SMILES string of the molecule is CC(NC(=O)c1cc2cc(C(=O)NC(C)c3ccccc3)c1OCCCCCCCCCCO2)c1ccccc1. The molecule has 2 atom stereocenters. The van der Waals surface area contributed by atoms with Gasteiger partial charge in [0, 0.05) is 0 Å². The lowest BCUT2D eigenvalue weighted by Crippen LogP contribution is -2.30. The van der Waals surface area contributed by atoms with Crippen LogP contribution in [0.25, 0.3) is 0 Å². The third-order valence-corrected chi connectivity index (χ3v) is 7.40. The van der Waals surface area contributed by atoms with Crippen molar-refractivity contribution in [2.45, 2.75) is 77.3 Å². The molecule has 2 amide bonds. The predicted molar refractivity (Wildman–Crippen MR) is 159 cm³/mol. The molecule has 212 valence electrons. The van der Waals surface area contributed by atoms with Crippen LogP contribution in [-0.2, 0) is 0 Å². The van der Waals surface area contributed by atoms with E-state index >= 15 is 0 Å². The highest BCUT2D eigenvalue weighted by atomic mass is 16.5. The fraction of sp³-hybridized carbons (Fsp3) is 0.412. The Morgan fingerprint density at radius 3 is 1.45 bits per heavy atom. The van der Waals surface area contributed by atoms with Crippen LogP contribution in [0.2, 0.25) is 0 Å². The Morgan fingerprint density at radius 2 is 1.00 bits per heavy atom. The Labute approximate surface area is 238 Å². The molecule has 6 heteroatoms. The lowest BCUT2D eigenvalue weighted by atomic mass is 10.0. The van der Waals surface area contributed by atoms with E-state index in [-0.39, 0.29) is 23.9 Å². The largest absolute Gasteiger partial charge is 0.494 e. The zero-order chi connectivity index (χ0) is 28.2. The van der Waals surface area contributed by atoms with E-state index in [0.29, 0.717) is 35.8 Å². The van der Waals surface area contributed by atoms with E-state index in [1.807, 2.05) is 74.5 Å². The van der Waals surface area contributed by atoms with Crippen molar-refractivity contribution >= 4 is 11.8 Å². The van der Waals surface area contributed by atoms with Crippen LogP contribution < -0.4 is 20.1 Å². The maximum atomic E-state index is 13.7. The molecule has 0 fully saturated rings. The van der Waals surface area contributed by atoms with Crippen molar-refractivity contribution in [1.29, 1.82) is 0 Å². The quantitative estimate of drug-likeness (QED) is 0.337. The number of carbonyl (C=O) groups is 2. The van der Waals surface area contributed by atoms with Gasteiger partial charge in [-0.3, -0.25) is 9.59 Å². The van der Waals surface area contributed by atoms with E-state index < -0.39 is 0 Å².